The van der Waals surface area contributed by atoms with Crippen LogP contribution in [-0.2, 0) is 28.5 Å². The minimum atomic E-state index is -1.53. The fraction of sp³-hybridized carbons (Fsp3) is 0.853. The summed E-state index contributed by atoms with van der Waals surface area (Å²) in [6.07, 6.45) is -6.79. The zero-order chi connectivity index (χ0) is 34.4. The first kappa shape index (κ1) is 37.4. The zero-order valence-electron chi connectivity index (χ0n) is 28.1. The fourth-order valence-corrected chi connectivity index (χ4v) is 8.47. The molecule has 2 saturated heterocycles. The molecule has 0 bridgehead atoms. The lowest BCUT2D eigenvalue weighted by molar-refractivity contribution is -0.327. The van der Waals surface area contributed by atoms with Gasteiger partial charge in [-0.25, -0.2) is 0 Å². The standard InChI is InChI=1S/C34H56O12/c1-9-33(7,46-31-29(41)26(38)24(36)18(3)43-31)14-12-20-17(2)10-11-22-32(5,6)23(13-15-34(20,22)8)45-30-28(40)27(39)25(37)21(44-30)16-42-19(4)35/h9,18,20-31,36-41H,1-2,10-16H2,3-8H3/t18-,20-,21+,22-,23-,24-,25+,26+,27-,28+,29+,30-,31-,33+,34+/m0/s1. The average molecular weight is 657 g/mol. The second-order valence-corrected chi connectivity index (χ2v) is 15.0. The molecule has 2 heterocycles. The van der Waals surface area contributed by atoms with E-state index in [1.807, 2.05) is 6.92 Å². The number of carbonyl (C=O) groups is 1. The number of allylic oxidation sites excluding steroid dienone is 1. The smallest absolute Gasteiger partial charge is 0.302 e. The maximum absolute atomic E-state index is 11.3. The summed E-state index contributed by atoms with van der Waals surface area (Å²) < 4.78 is 29.2. The second kappa shape index (κ2) is 14.2. The Labute approximate surface area is 272 Å². The van der Waals surface area contributed by atoms with E-state index in [-0.39, 0.29) is 35.4 Å². The Morgan fingerprint density at radius 1 is 0.978 bits per heavy atom. The number of rotatable bonds is 10. The molecule has 264 valence electrons. The predicted octanol–water partition coefficient (Wildman–Crippen LogP) is 1.72. The maximum Gasteiger partial charge on any atom is 0.302 e. The van der Waals surface area contributed by atoms with Gasteiger partial charge in [0.15, 0.2) is 12.6 Å². The first-order chi connectivity index (χ1) is 21.4. The summed E-state index contributed by atoms with van der Waals surface area (Å²) in [7, 11) is 0. The third-order valence-corrected chi connectivity index (χ3v) is 11.5. The van der Waals surface area contributed by atoms with Crippen molar-refractivity contribution < 1.29 is 59.1 Å². The lowest BCUT2D eigenvalue weighted by Gasteiger charge is -2.61. The summed E-state index contributed by atoms with van der Waals surface area (Å²) in [5.41, 5.74) is -0.240. The summed E-state index contributed by atoms with van der Waals surface area (Å²) in [6.45, 7) is 19.5. The van der Waals surface area contributed by atoms with Crippen molar-refractivity contribution in [2.24, 2.45) is 22.7 Å². The Balaban J connectivity index is 1.46. The van der Waals surface area contributed by atoms with Crippen LogP contribution in [0.2, 0.25) is 0 Å². The van der Waals surface area contributed by atoms with Crippen LogP contribution >= 0.6 is 0 Å². The van der Waals surface area contributed by atoms with Gasteiger partial charge in [0.1, 0.15) is 49.3 Å². The van der Waals surface area contributed by atoms with Gasteiger partial charge >= 0.3 is 5.97 Å². The first-order valence-corrected chi connectivity index (χ1v) is 16.5. The molecule has 4 aliphatic rings. The summed E-state index contributed by atoms with van der Waals surface area (Å²) in [6, 6.07) is 0. The quantitative estimate of drug-likeness (QED) is 0.114. The predicted molar refractivity (Wildman–Crippen MR) is 166 cm³/mol. The van der Waals surface area contributed by atoms with Gasteiger partial charge in [0.2, 0.25) is 0 Å². The molecule has 2 saturated carbocycles. The number of carbonyl (C=O) groups excluding carboxylic acids is 1. The molecule has 0 aromatic heterocycles. The highest BCUT2D eigenvalue weighted by atomic mass is 16.7. The van der Waals surface area contributed by atoms with Crippen LogP contribution in [0.15, 0.2) is 24.8 Å². The molecular weight excluding hydrogens is 600 g/mol. The minimum absolute atomic E-state index is 0.138. The maximum atomic E-state index is 11.3. The van der Waals surface area contributed by atoms with Crippen LogP contribution in [-0.4, -0.2) is 116 Å². The molecule has 15 atom stereocenters. The van der Waals surface area contributed by atoms with Crippen molar-refractivity contribution in [3.8, 4) is 0 Å². The molecule has 4 rings (SSSR count). The Hall–Kier alpha value is -1.45. The van der Waals surface area contributed by atoms with Gasteiger partial charge in [0.05, 0.1) is 17.8 Å². The van der Waals surface area contributed by atoms with Crippen LogP contribution in [0.4, 0.5) is 0 Å². The SMILES string of the molecule is C=C[C@](C)(CC[C@H]1C(=C)CC[C@H]2C(C)(C)[C@@H](O[C@@H]3O[C@H](COC(C)=O)[C@@H](O)[C@H](O)[C@H]3O)CC[C@]12C)O[C@@H]1O[C@@H](C)[C@H](O)[C@@H](O)[C@H]1O. The molecule has 12 heteroatoms. The molecule has 0 unspecified atom stereocenters. The van der Waals surface area contributed by atoms with Crippen molar-refractivity contribution >= 4 is 5.97 Å². The fourth-order valence-electron chi connectivity index (χ4n) is 8.47. The number of hydrogen-bond acceptors (Lipinski definition) is 12. The number of aliphatic hydroxyl groups is 6. The Morgan fingerprint density at radius 2 is 1.61 bits per heavy atom. The molecule has 2 aliphatic heterocycles. The van der Waals surface area contributed by atoms with Crippen molar-refractivity contribution in [3.05, 3.63) is 24.8 Å². The summed E-state index contributed by atoms with van der Waals surface area (Å²) in [4.78, 5) is 11.3. The molecule has 12 nitrogen and oxygen atoms in total. The number of ether oxygens (including phenoxy) is 5. The Kier molecular flexibility index (Phi) is 11.5. The van der Waals surface area contributed by atoms with Gasteiger partial charge in [0, 0.05) is 6.92 Å². The lowest BCUT2D eigenvalue weighted by Crippen LogP contribution is -2.62. The summed E-state index contributed by atoms with van der Waals surface area (Å²) >= 11 is 0. The highest BCUT2D eigenvalue weighted by molar-refractivity contribution is 5.65. The molecule has 0 spiro atoms. The molecule has 46 heavy (non-hydrogen) atoms. The van der Waals surface area contributed by atoms with E-state index < -0.39 is 73.0 Å². The van der Waals surface area contributed by atoms with Crippen molar-refractivity contribution in [3.63, 3.8) is 0 Å². The van der Waals surface area contributed by atoms with Crippen molar-refractivity contribution in [1.29, 1.82) is 0 Å². The molecule has 0 radical (unpaired) electrons. The van der Waals surface area contributed by atoms with Gasteiger partial charge in [-0.3, -0.25) is 4.79 Å². The van der Waals surface area contributed by atoms with Crippen LogP contribution in [0.3, 0.4) is 0 Å². The highest BCUT2D eigenvalue weighted by Gasteiger charge is 2.58. The zero-order valence-corrected chi connectivity index (χ0v) is 28.1. The Bertz CT molecular complexity index is 1100. The molecule has 0 aromatic carbocycles. The van der Waals surface area contributed by atoms with Crippen LogP contribution in [0, 0.1) is 22.7 Å². The Morgan fingerprint density at radius 3 is 2.24 bits per heavy atom. The van der Waals surface area contributed by atoms with E-state index >= 15 is 0 Å². The molecule has 2 aliphatic carbocycles. The van der Waals surface area contributed by atoms with E-state index in [0.29, 0.717) is 12.8 Å². The van der Waals surface area contributed by atoms with Crippen molar-refractivity contribution in [1.82, 2.24) is 0 Å². The number of esters is 1. The van der Waals surface area contributed by atoms with Gasteiger partial charge in [-0.05, 0) is 75.0 Å². The van der Waals surface area contributed by atoms with Gasteiger partial charge < -0.3 is 54.3 Å². The topological polar surface area (TPSA) is 185 Å². The third kappa shape index (κ3) is 7.27. The largest absolute Gasteiger partial charge is 0.463 e. The third-order valence-electron chi connectivity index (χ3n) is 11.5. The highest BCUT2D eigenvalue weighted by Crippen LogP contribution is 2.62. The van der Waals surface area contributed by atoms with Crippen molar-refractivity contribution in [2.75, 3.05) is 6.61 Å². The number of aliphatic hydroxyl groups excluding tert-OH is 6. The van der Waals surface area contributed by atoms with E-state index in [9.17, 15) is 35.4 Å². The van der Waals surface area contributed by atoms with E-state index in [4.69, 9.17) is 23.7 Å². The normalized spacial score (nSPS) is 45.7. The molecular formula is C34H56O12. The van der Waals surface area contributed by atoms with Crippen LogP contribution in [0.1, 0.15) is 80.1 Å². The van der Waals surface area contributed by atoms with E-state index in [0.717, 1.165) is 31.3 Å². The van der Waals surface area contributed by atoms with E-state index in [1.54, 1.807) is 13.0 Å². The second-order valence-electron chi connectivity index (χ2n) is 15.0. The molecule has 6 N–H and O–H groups in total. The summed E-state index contributed by atoms with van der Waals surface area (Å²) in [5, 5.41) is 62.6. The molecule has 0 amide bonds. The molecule has 0 aromatic rings. The van der Waals surface area contributed by atoms with Gasteiger partial charge in [0.25, 0.3) is 0 Å². The van der Waals surface area contributed by atoms with Gasteiger partial charge in [-0.15, -0.1) is 6.58 Å². The van der Waals surface area contributed by atoms with Crippen LogP contribution in [0.5, 0.6) is 0 Å². The monoisotopic (exact) mass is 656 g/mol. The average Bonchev–Trinajstić information content (AvgIpc) is 2.99. The lowest BCUT2D eigenvalue weighted by atomic mass is 9.46. The molecule has 4 fully saturated rings. The number of fused-ring (bicyclic) bond motifs is 1. The minimum Gasteiger partial charge on any atom is -0.463 e. The summed E-state index contributed by atoms with van der Waals surface area (Å²) in [5.74, 6) is -0.207. The van der Waals surface area contributed by atoms with E-state index in [2.05, 4.69) is 33.9 Å². The first-order valence-electron chi connectivity index (χ1n) is 16.5. The van der Waals surface area contributed by atoms with Crippen LogP contribution in [0.25, 0.3) is 0 Å². The van der Waals surface area contributed by atoms with Gasteiger partial charge in [-0.2, -0.15) is 0 Å². The van der Waals surface area contributed by atoms with Crippen LogP contribution < -0.4 is 0 Å². The van der Waals surface area contributed by atoms with Gasteiger partial charge in [-0.1, -0.05) is 39.0 Å². The van der Waals surface area contributed by atoms with E-state index in [1.165, 1.54) is 6.92 Å². The number of hydrogen-bond donors (Lipinski definition) is 6. The van der Waals surface area contributed by atoms with Crippen molar-refractivity contribution in [2.45, 2.75) is 153 Å².